The third kappa shape index (κ3) is 8.29. The molecule has 2 bridgehead atoms. The van der Waals surface area contributed by atoms with Crippen LogP contribution in [0.2, 0.25) is 0 Å². The molecular formula is C38H55N5O9S. The molecule has 6 rings (SSSR count). The fraction of sp³-hybridized carbons (Fsp3) is 0.711. The van der Waals surface area contributed by atoms with Crippen LogP contribution in [-0.4, -0.2) is 83.8 Å². The van der Waals surface area contributed by atoms with Crippen molar-refractivity contribution in [2.24, 2.45) is 16.7 Å². The first-order valence-corrected chi connectivity index (χ1v) is 20.6. The van der Waals surface area contributed by atoms with Crippen LogP contribution in [0.15, 0.2) is 18.2 Å². The van der Waals surface area contributed by atoms with Gasteiger partial charge in [0.2, 0.25) is 21.8 Å². The Morgan fingerprint density at radius 2 is 1.74 bits per heavy atom. The van der Waals surface area contributed by atoms with Gasteiger partial charge in [-0.05, 0) is 78.4 Å². The number of hydrogen-bond acceptors (Lipinski definition) is 9. The van der Waals surface area contributed by atoms with E-state index in [0.717, 1.165) is 36.8 Å². The monoisotopic (exact) mass is 757 g/mol. The molecule has 292 valence electrons. The molecule has 15 heteroatoms. The molecule has 5 aliphatic rings. The fourth-order valence-corrected chi connectivity index (χ4v) is 9.36. The van der Waals surface area contributed by atoms with E-state index >= 15 is 0 Å². The molecule has 14 nitrogen and oxygen atoms in total. The first-order chi connectivity index (χ1) is 24.8. The second-order valence-corrected chi connectivity index (χ2v) is 19.4. The highest BCUT2D eigenvalue weighted by atomic mass is 32.2. The minimum absolute atomic E-state index is 0.101. The van der Waals surface area contributed by atoms with Crippen LogP contribution in [0.1, 0.15) is 116 Å². The number of fused-ring (bicyclic) bond motifs is 2. The predicted molar refractivity (Wildman–Crippen MR) is 194 cm³/mol. The predicted octanol–water partition coefficient (Wildman–Crippen LogP) is 4.24. The lowest BCUT2D eigenvalue weighted by atomic mass is 9.85. The Labute approximate surface area is 312 Å². The summed E-state index contributed by atoms with van der Waals surface area (Å²) < 4.78 is 39.3. The summed E-state index contributed by atoms with van der Waals surface area (Å²) in [5, 5.41) is 4.94. The average Bonchev–Trinajstić information content (AvgIpc) is 3.97. The molecule has 2 saturated carbocycles. The first-order valence-electron chi connectivity index (χ1n) is 19.0. The molecule has 0 unspecified atom stereocenters. The van der Waals surface area contributed by atoms with Crippen LogP contribution >= 0.6 is 0 Å². The quantitative estimate of drug-likeness (QED) is 0.383. The number of alkyl carbamates (subject to hydrolysis) is 1. The summed E-state index contributed by atoms with van der Waals surface area (Å²) in [6.07, 6.45) is 2.84. The number of nitrogens with zero attached hydrogens (tertiary/aromatic N) is 2. The lowest BCUT2D eigenvalue weighted by Gasteiger charge is -2.38. The normalized spacial score (nSPS) is 29.4. The maximum atomic E-state index is 14.7. The Bertz CT molecular complexity index is 1750. The van der Waals surface area contributed by atoms with Crippen molar-refractivity contribution < 1.29 is 41.9 Å². The van der Waals surface area contributed by atoms with Gasteiger partial charge in [0.05, 0.1) is 11.9 Å². The van der Waals surface area contributed by atoms with Gasteiger partial charge in [-0.25, -0.2) is 18.0 Å². The number of amides is 5. The molecular weight excluding hydrogens is 703 g/mol. The van der Waals surface area contributed by atoms with Crippen molar-refractivity contribution in [2.45, 2.75) is 148 Å². The first kappa shape index (κ1) is 38.8. The molecule has 0 radical (unpaired) electrons. The van der Waals surface area contributed by atoms with Crippen molar-refractivity contribution in [1.82, 2.24) is 25.2 Å². The number of carbonyl (C=O) groups is 5. The van der Waals surface area contributed by atoms with E-state index in [-0.39, 0.29) is 37.2 Å². The van der Waals surface area contributed by atoms with Gasteiger partial charge < -0.3 is 20.1 Å². The summed E-state index contributed by atoms with van der Waals surface area (Å²) in [6.45, 7) is 12.1. The van der Waals surface area contributed by atoms with Crippen LogP contribution in [0.25, 0.3) is 0 Å². The zero-order valence-electron chi connectivity index (χ0n) is 31.8. The number of carbonyl (C=O) groups excluding carboxylic acids is 5. The number of aryl methyl sites for hydroxylation is 1. The SMILES string of the molecule is CC[C@@H]1C[C@]1(NC(=O)[C@@H]1CC[C@H]2OC(=O)N3Cc4cccc(c4C3)CCCCC(C)(C)COC(=O)N[C@@H](C(C)(C)C)C(=O)N21)C(=O)NS(=O)(=O)C1CC1. The number of ether oxygens (including phenoxy) is 2. The smallest absolute Gasteiger partial charge is 0.412 e. The topological polar surface area (TPSA) is 181 Å². The number of nitrogens with one attached hydrogen (secondary N) is 3. The number of benzene rings is 1. The Balaban J connectivity index is 1.30. The molecule has 0 aromatic heterocycles. The molecule has 0 spiro atoms. The zero-order valence-corrected chi connectivity index (χ0v) is 32.6. The summed E-state index contributed by atoms with van der Waals surface area (Å²) in [7, 11) is -3.88. The summed E-state index contributed by atoms with van der Waals surface area (Å²) >= 11 is 0. The fourth-order valence-electron chi connectivity index (χ4n) is 8.00. The van der Waals surface area contributed by atoms with Gasteiger partial charge in [0.15, 0.2) is 6.23 Å². The zero-order chi connectivity index (χ0) is 38.5. The van der Waals surface area contributed by atoms with E-state index in [1.807, 2.05) is 32.9 Å². The summed E-state index contributed by atoms with van der Waals surface area (Å²) in [6, 6.07) is 3.72. The van der Waals surface area contributed by atoms with Crippen LogP contribution in [0.3, 0.4) is 0 Å². The molecule has 1 aromatic carbocycles. The number of hydrogen-bond donors (Lipinski definition) is 3. The molecule has 3 heterocycles. The molecule has 5 atom stereocenters. The highest BCUT2D eigenvalue weighted by Crippen LogP contribution is 2.47. The van der Waals surface area contributed by atoms with Crippen molar-refractivity contribution in [3.8, 4) is 0 Å². The van der Waals surface area contributed by atoms with E-state index in [1.165, 1.54) is 10.5 Å². The molecule has 2 aliphatic carbocycles. The molecule has 3 N–H and O–H groups in total. The molecule has 5 amide bonds. The minimum atomic E-state index is -3.88. The van der Waals surface area contributed by atoms with Gasteiger partial charge in [0.25, 0.3) is 5.91 Å². The van der Waals surface area contributed by atoms with Gasteiger partial charge in [-0.15, -0.1) is 0 Å². The molecule has 1 aromatic rings. The largest absolute Gasteiger partial charge is 0.449 e. The van der Waals surface area contributed by atoms with E-state index in [0.29, 0.717) is 32.4 Å². The third-order valence-electron chi connectivity index (χ3n) is 11.5. The van der Waals surface area contributed by atoms with Crippen molar-refractivity contribution >= 4 is 39.9 Å². The molecule has 1 saturated heterocycles. The maximum Gasteiger partial charge on any atom is 0.412 e. The number of rotatable bonds is 6. The van der Waals surface area contributed by atoms with Crippen LogP contribution in [0, 0.1) is 16.7 Å². The lowest BCUT2D eigenvalue weighted by Crippen LogP contribution is -2.62. The number of cyclic esters (lactones) is 1. The second-order valence-electron chi connectivity index (χ2n) is 17.4. The molecule has 3 fully saturated rings. The van der Waals surface area contributed by atoms with Gasteiger partial charge in [-0.2, -0.15) is 0 Å². The van der Waals surface area contributed by atoms with E-state index in [9.17, 15) is 32.4 Å². The summed E-state index contributed by atoms with van der Waals surface area (Å²) in [4.78, 5) is 72.4. The van der Waals surface area contributed by atoms with E-state index in [1.54, 1.807) is 25.7 Å². The lowest BCUT2D eigenvalue weighted by molar-refractivity contribution is -0.151. The summed E-state index contributed by atoms with van der Waals surface area (Å²) in [5.41, 5.74) is 0.651. The third-order valence-corrected chi connectivity index (χ3v) is 13.4. The average molecular weight is 758 g/mol. The van der Waals surface area contributed by atoms with Crippen molar-refractivity contribution in [1.29, 1.82) is 0 Å². The maximum absolute atomic E-state index is 14.7. The second kappa shape index (κ2) is 14.4. The standard InChI is InChI=1S/C38H55N5O9S/c1-7-25-19-38(25,33(46)41-53(49,50)26-14-15-26)40-31(44)28-16-17-29-43(28)32(45)30(36(2,3)4)39-34(47)51-22-37(5,6)18-9-8-11-23-12-10-13-24-20-42(21-27(23)24)35(48)52-29/h10,12-13,25-26,28-30H,7-9,11,14-22H2,1-6H3,(H,39,47)(H,40,44)(H,41,46)/t25-,28+,29-,30-,38-/m1/s1. The van der Waals surface area contributed by atoms with Gasteiger partial charge in [-0.1, -0.05) is 72.6 Å². The van der Waals surface area contributed by atoms with E-state index < -0.39 is 74.4 Å². The van der Waals surface area contributed by atoms with Gasteiger partial charge >= 0.3 is 12.2 Å². The van der Waals surface area contributed by atoms with Crippen LogP contribution in [0.4, 0.5) is 9.59 Å². The van der Waals surface area contributed by atoms with Crippen LogP contribution in [-0.2, 0) is 53.4 Å². The van der Waals surface area contributed by atoms with Crippen LogP contribution in [0.5, 0.6) is 0 Å². The van der Waals surface area contributed by atoms with Gasteiger partial charge in [0.1, 0.15) is 17.6 Å². The highest BCUT2D eigenvalue weighted by Gasteiger charge is 2.62. The van der Waals surface area contributed by atoms with Crippen molar-refractivity contribution in [3.63, 3.8) is 0 Å². The van der Waals surface area contributed by atoms with E-state index in [4.69, 9.17) is 9.47 Å². The summed E-state index contributed by atoms with van der Waals surface area (Å²) in [5.74, 6) is -2.41. The Morgan fingerprint density at radius 3 is 2.40 bits per heavy atom. The Morgan fingerprint density at radius 1 is 1.02 bits per heavy atom. The molecule has 53 heavy (non-hydrogen) atoms. The number of sulfonamides is 1. The highest BCUT2D eigenvalue weighted by molar-refractivity contribution is 7.91. The Kier molecular flexibility index (Phi) is 10.6. The molecule has 3 aliphatic heterocycles. The minimum Gasteiger partial charge on any atom is -0.449 e. The van der Waals surface area contributed by atoms with Gasteiger partial charge in [0, 0.05) is 19.5 Å². The van der Waals surface area contributed by atoms with Crippen molar-refractivity contribution in [2.75, 3.05) is 6.61 Å². The van der Waals surface area contributed by atoms with Gasteiger partial charge in [-0.3, -0.25) is 28.9 Å². The van der Waals surface area contributed by atoms with Crippen LogP contribution < -0.4 is 15.4 Å². The van der Waals surface area contributed by atoms with E-state index in [2.05, 4.69) is 21.4 Å². The Hall–Kier alpha value is -3.88. The van der Waals surface area contributed by atoms with Crippen molar-refractivity contribution in [3.05, 3.63) is 34.9 Å².